The van der Waals surface area contributed by atoms with Crippen LogP contribution in [0.2, 0.25) is 0 Å². The summed E-state index contributed by atoms with van der Waals surface area (Å²) in [7, 11) is 2.76. The molecule has 1 heterocycles. The van der Waals surface area contributed by atoms with E-state index in [0.717, 1.165) is 9.25 Å². The highest BCUT2D eigenvalue weighted by Gasteiger charge is 2.16. The number of nitrogens with zero attached hydrogens (tertiary/aromatic N) is 4. The van der Waals surface area contributed by atoms with Gasteiger partial charge in [0.05, 0.1) is 4.92 Å². The maximum Gasteiger partial charge on any atom is 0.346 e. The Kier molecular flexibility index (Phi) is 3.47. The Morgan fingerprint density at radius 3 is 2.55 bits per heavy atom. The lowest BCUT2D eigenvalue weighted by Gasteiger charge is -2.06. The molecule has 0 N–H and O–H groups in total. The molecule has 0 spiro atoms. The fourth-order valence-electron chi connectivity index (χ4n) is 1.89. The van der Waals surface area contributed by atoms with Gasteiger partial charge < -0.3 is 0 Å². The highest BCUT2D eigenvalue weighted by Crippen LogP contribution is 2.19. The van der Waals surface area contributed by atoms with E-state index in [1.54, 1.807) is 18.2 Å². The van der Waals surface area contributed by atoms with E-state index in [1.807, 2.05) is 0 Å². The first kappa shape index (κ1) is 13.7. The number of rotatable bonds is 3. The van der Waals surface area contributed by atoms with Crippen LogP contribution in [0, 0.1) is 10.1 Å². The van der Waals surface area contributed by atoms with Gasteiger partial charge in [0.15, 0.2) is 0 Å². The lowest BCUT2D eigenvalue weighted by molar-refractivity contribution is -0.385. The minimum absolute atomic E-state index is 0.00204. The van der Waals surface area contributed by atoms with Crippen molar-refractivity contribution in [3.8, 4) is 0 Å². The highest BCUT2D eigenvalue weighted by atomic mass is 16.6. The fraction of sp³-hybridized carbons (Fsp3) is 0.250. The van der Waals surface area contributed by atoms with Crippen molar-refractivity contribution in [3.05, 3.63) is 66.5 Å². The Balaban J connectivity index is 2.54. The number of nitro benzene ring substituents is 1. The van der Waals surface area contributed by atoms with E-state index in [4.69, 9.17) is 0 Å². The van der Waals surface area contributed by atoms with Crippen molar-refractivity contribution in [2.24, 2.45) is 14.1 Å². The van der Waals surface area contributed by atoms with Crippen LogP contribution in [0.5, 0.6) is 0 Å². The van der Waals surface area contributed by atoms with Crippen molar-refractivity contribution >= 4 is 5.69 Å². The number of nitro groups is 1. The number of aryl methyl sites for hydroxylation is 1. The van der Waals surface area contributed by atoms with Crippen LogP contribution in [-0.2, 0) is 20.5 Å². The van der Waals surface area contributed by atoms with Gasteiger partial charge in [-0.05, 0) is 0 Å². The minimum atomic E-state index is -0.550. The normalized spacial score (nSPS) is 10.5. The molecule has 0 saturated heterocycles. The standard InChI is InChI=1S/C12H12N4O4/c1-14-11(17)9(13-15(2)12(14)18)7-8-5-3-4-6-10(8)16(19)20/h3-6H,7H2,1-2H3. The van der Waals surface area contributed by atoms with Crippen molar-refractivity contribution in [2.75, 3.05) is 0 Å². The Morgan fingerprint density at radius 2 is 1.90 bits per heavy atom. The van der Waals surface area contributed by atoms with Crippen LogP contribution in [0.15, 0.2) is 33.9 Å². The molecule has 0 saturated carbocycles. The summed E-state index contributed by atoms with van der Waals surface area (Å²) >= 11 is 0. The zero-order chi connectivity index (χ0) is 14.9. The number of para-hydroxylation sites is 1. The van der Waals surface area contributed by atoms with Crippen LogP contribution in [0.3, 0.4) is 0 Å². The van der Waals surface area contributed by atoms with Crippen molar-refractivity contribution in [2.45, 2.75) is 6.42 Å². The molecule has 0 atom stereocenters. The van der Waals surface area contributed by atoms with E-state index in [-0.39, 0.29) is 17.8 Å². The first-order valence-corrected chi connectivity index (χ1v) is 5.77. The molecule has 0 fully saturated rings. The number of aromatic nitrogens is 3. The molecule has 0 unspecified atom stereocenters. The third kappa shape index (κ3) is 2.35. The van der Waals surface area contributed by atoms with Crippen molar-refractivity contribution < 1.29 is 4.92 Å². The molecule has 1 aromatic heterocycles. The summed E-state index contributed by atoms with van der Waals surface area (Å²) in [6, 6.07) is 6.12. The highest BCUT2D eigenvalue weighted by molar-refractivity contribution is 5.41. The molecule has 0 radical (unpaired) electrons. The lowest BCUT2D eigenvalue weighted by Crippen LogP contribution is -2.40. The van der Waals surface area contributed by atoms with E-state index in [0.29, 0.717) is 5.56 Å². The predicted molar refractivity (Wildman–Crippen MR) is 70.6 cm³/mol. The zero-order valence-corrected chi connectivity index (χ0v) is 10.9. The van der Waals surface area contributed by atoms with Crippen LogP contribution >= 0.6 is 0 Å². The minimum Gasteiger partial charge on any atom is -0.267 e. The largest absolute Gasteiger partial charge is 0.346 e. The van der Waals surface area contributed by atoms with E-state index in [2.05, 4.69) is 5.10 Å². The monoisotopic (exact) mass is 276 g/mol. The van der Waals surface area contributed by atoms with Crippen LogP contribution < -0.4 is 11.2 Å². The van der Waals surface area contributed by atoms with Gasteiger partial charge >= 0.3 is 5.69 Å². The Bertz CT molecular complexity index is 791. The predicted octanol–water partition coefficient (Wildman–Crippen LogP) is -0.0220. The Labute approximate surface area is 113 Å². The molecule has 2 rings (SSSR count). The van der Waals surface area contributed by atoms with Gasteiger partial charge in [0, 0.05) is 32.1 Å². The summed E-state index contributed by atoms with van der Waals surface area (Å²) in [5.41, 5.74) is -0.706. The summed E-state index contributed by atoms with van der Waals surface area (Å²) in [5, 5.41) is 14.8. The molecule has 2 aromatic rings. The summed E-state index contributed by atoms with van der Waals surface area (Å²) < 4.78 is 1.96. The van der Waals surface area contributed by atoms with E-state index >= 15 is 0 Å². The van der Waals surface area contributed by atoms with Crippen LogP contribution in [0.25, 0.3) is 0 Å². The van der Waals surface area contributed by atoms with E-state index < -0.39 is 16.2 Å². The van der Waals surface area contributed by atoms with Crippen LogP contribution in [0.4, 0.5) is 5.69 Å². The molecule has 0 amide bonds. The Morgan fingerprint density at radius 1 is 1.25 bits per heavy atom. The molecule has 1 aromatic carbocycles. The molecule has 0 bridgehead atoms. The van der Waals surface area contributed by atoms with Gasteiger partial charge in [-0.25, -0.2) is 9.48 Å². The molecule has 20 heavy (non-hydrogen) atoms. The quantitative estimate of drug-likeness (QED) is 0.579. The lowest BCUT2D eigenvalue weighted by atomic mass is 10.1. The average molecular weight is 276 g/mol. The summed E-state index contributed by atoms with van der Waals surface area (Å²) in [5.74, 6) is 0. The average Bonchev–Trinajstić information content (AvgIpc) is 2.43. The third-order valence-electron chi connectivity index (χ3n) is 2.93. The van der Waals surface area contributed by atoms with Gasteiger partial charge in [-0.3, -0.25) is 19.5 Å². The first-order valence-electron chi connectivity index (χ1n) is 5.77. The number of benzene rings is 1. The molecular formula is C12H12N4O4. The third-order valence-corrected chi connectivity index (χ3v) is 2.93. The van der Waals surface area contributed by atoms with Crippen molar-refractivity contribution in [1.29, 1.82) is 0 Å². The van der Waals surface area contributed by atoms with Gasteiger partial charge in [-0.1, -0.05) is 18.2 Å². The zero-order valence-electron chi connectivity index (χ0n) is 10.9. The molecule has 0 aliphatic rings. The topological polar surface area (TPSA) is 100 Å². The summed E-state index contributed by atoms with van der Waals surface area (Å²) in [4.78, 5) is 33.9. The van der Waals surface area contributed by atoms with Crippen molar-refractivity contribution in [1.82, 2.24) is 14.3 Å². The summed E-state index contributed by atoms with van der Waals surface area (Å²) in [6.07, 6.45) is -0.00204. The van der Waals surface area contributed by atoms with Gasteiger partial charge in [-0.2, -0.15) is 5.10 Å². The van der Waals surface area contributed by atoms with E-state index in [9.17, 15) is 19.7 Å². The second kappa shape index (κ2) is 5.08. The molecule has 8 nitrogen and oxygen atoms in total. The van der Waals surface area contributed by atoms with Gasteiger partial charge in [0.25, 0.3) is 11.2 Å². The molecule has 8 heteroatoms. The van der Waals surface area contributed by atoms with Gasteiger partial charge in [0.1, 0.15) is 5.69 Å². The maximum atomic E-state index is 11.9. The molecular weight excluding hydrogens is 264 g/mol. The Hall–Kier alpha value is -2.77. The smallest absolute Gasteiger partial charge is 0.267 e. The molecule has 0 aliphatic heterocycles. The fourth-order valence-corrected chi connectivity index (χ4v) is 1.89. The SMILES string of the molecule is Cn1nc(Cc2ccccc2[N+](=O)[O-])c(=O)n(C)c1=O. The molecule has 104 valence electrons. The van der Waals surface area contributed by atoms with Crippen LogP contribution in [0.1, 0.15) is 11.3 Å². The molecule has 0 aliphatic carbocycles. The van der Waals surface area contributed by atoms with E-state index in [1.165, 1.54) is 20.2 Å². The van der Waals surface area contributed by atoms with Crippen molar-refractivity contribution in [3.63, 3.8) is 0 Å². The number of hydrogen-bond acceptors (Lipinski definition) is 5. The van der Waals surface area contributed by atoms with Gasteiger partial charge in [-0.15, -0.1) is 0 Å². The maximum absolute atomic E-state index is 11.9. The second-order valence-corrected chi connectivity index (χ2v) is 4.28. The van der Waals surface area contributed by atoms with Gasteiger partial charge in [0.2, 0.25) is 0 Å². The first-order chi connectivity index (χ1) is 9.41. The number of hydrogen-bond donors (Lipinski definition) is 0. The summed E-state index contributed by atoms with van der Waals surface area (Å²) in [6.45, 7) is 0. The second-order valence-electron chi connectivity index (χ2n) is 4.28. The van der Waals surface area contributed by atoms with Crippen LogP contribution in [-0.4, -0.2) is 19.3 Å².